The molecule has 1 atom stereocenters. The summed E-state index contributed by atoms with van der Waals surface area (Å²) in [6.07, 6.45) is 2.69. The van der Waals surface area contributed by atoms with E-state index >= 15 is 0 Å². The van der Waals surface area contributed by atoms with E-state index < -0.39 is 0 Å². The van der Waals surface area contributed by atoms with E-state index in [0.29, 0.717) is 5.92 Å². The lowest BCUT2D eigenvalue weighted by molar-refractivity contribution is 0.187. The Balaban J connectivity index is 1.97. The number of ether oxygens (including phenoxy) is 1. The van der Waals surface area contributed by atoms with Crippen molar-refractivity contribution in [2.75, 3.05) is 36.9 Å². The Kier molecular flexibility index (Phi) is 4.56. The van der Waals surface area contributed by atoms with Gasteiger partial charge in [-0.25, -0.2) is 9.97 Å². The summed E-state index contributed by atoms with van der Waals surface area (Å²) >= 11 is 3.51. The average Bonchev–Trinajstić information content (AvgIpc) is 2.83. The number of hydrogen-bond donors (Lipinski definition) is 2. The summed E-state index contributed by atoms with van der Waals surface area (Å²) in [6.45, 7) is 5.49. The fraction of sp³-hybridized carbons (Fsp3) is 0.636. The maximum atomic E-state index is 5.34. The fourth-order valence-electron chi connectivity index (χ4n) is 1.77. The van der Waals surface area contributed by atoms with Crippen LogP contribution in [0, 0.1) is 5.92 Å². The highest BCUT2D eigenvalue weighted by Gasteiger charge is 2.16. The number of nitrogens with zero attached hydrogens (tertiary/aromatic N) is 2. The summed E-state index contributed by atoms with van der Waals surface area (Å²) < 4.78 is 6.23. The summed E-state index contributed by atoms with van der Waals surface area (Å²) in [6, 6.07) is 0. The molecule has 5 nitrogen and oxygen atoms in total. The molecule has 6 heteroatoms. The van der Waals surface area contributed by atoms with Gasteiger partial charge in [0, 0.05) is 25.6 Å². The maximum Gasteiger partial charge on any atom is 0.145 e. The van der Waals surface area contributed by atoms with E-state index in [1.54, 1.807) is 6.33 Å². The van der Waals surface area contributed by atoms with Gasteiger partial charge in [0.1, 0.15) is 22.4 Å². The van der Waals surface area contributed by atoms with Crippen LogP contribution in [0.5, 0.6) is 0 Å². The van der Waals surface area contributed by atoms with Gasteiger partial charge in [0.2, 0.25) is 0 Å². The molecular weight excluding hydrogens is 284 g/mol. The third kappa shape index (κ3) is 3.29. The highest BCUT2D eigenvalue weighted by molar-refractivity contribution is 9.10. The van der Waals surface area contributed by atoms with Crippen molar-refractivity contribution in [1.29, 1.82) is 0 Å². The van der Waals surface area contributed by atoms with Crippen LogP contribution in [0.3, 0.4) is 0 Å². The lowest BCUT2D eigenvalue weighted by atomic mass is 10.1. The molecule has 0 aliphatic carbocycles. The van der Waals surface area contributed by atoms with Crippen molar-refractivity contribution < 1.29 is 4.74 Å². The molecule has 0 amide bonds. The number of anilines is 2. The van der Waals surface area contributed by atoms with Gasteiger partial charge in [-0.15, -0.1) is 0 Å². The van der Waals surface area contributed by atoms with Crippen molar-refractivity contribution in [3.63, 3.8) is 0 Å². The largest absolute Gasteiger partial charge is 0.381 e. The summed E-state index contributed by atoms with van der Waals surface area (Å²) in [7, 11) is 0. The molecule has 2 rings (SSSR count). The third-order valence-corrected chi connectivity index (χ3v) is 3.47. The smallest absolute Gasteiger partial charge is 0.145 e. The van der Waals surface area contributed by atoms with Crippen LogP contribution in [0.1, 0.15) is 13.3 Å². The molecule has 1 saturated heterocycles. The first-order valence-corrected chi connectivity index (χ1v) is 6.66. The van der Waals surface area contributed by atoms with Crippen LogP contribution in [-0.2, 0) is 4.74 Å². The first-order chi connectivity index (χ1) is 8.31. The second-order valence-corrected chi connectivity index (χ2v) is 4.82. The van der Waals surface area contributed by atoms with E-state index in [4.69, 9.17) is 4.74 Å². The van der Waals surface area contributed by atoms with Crippen LogP contribution >= 0.6 is 15.9 Å². The molecule has 1 aliphatic heterocycles. The van der Waals surface area contributed by atoms with Gasteiger partial charge < -0.3 is 15.4 Å². The van der Waals surface area contributed by atoms with Crippen LogP contribution < -0.4 is 10.6 Å². The van der Waals surface area contributed by atoms with E-state index in [9.17, 15) is 0 Å². The summed E-state index contributed by atoms with van der Waals surface area (Å²) in [4.78, 5) is 8.41. The normalized spacial score (nSPS) is 19.3. The fourth-order valence-corrected chi connectivity index (χ4v) is 2.25. The van der Waals surface area contributed by atoms with Gasteiger partial charge in [-0.2, -0.15) is 0 Å². The summed E-state index contributed by atoms with van der Waals surface area (Å²) in [5.74, 6) is 2.25. The number of hydrogen-bond acceptors (Lipinski definition) is 5. The first-order valence-electron chi connectivity index (χ1n) is 5.87. The van der Waals surface area contributed by atoms with Crippen molar-refractivity contribution in [3.8, 4) is 0 Å². The Morgan fingerprint density at radius 1 is 1.41 bits per heavy atom. The van der Waals surface area contributed by atoms with Crippen molar-refractivity contribution >= 4 is 27.6 Å². The summed E-state index contributed by atoms with van der Waals surface area (Å²) in [5.41, 5.74) is 0. The quantitative estimate of drug-likeness (QED) is 0.872. The number of rotatable bonds is 5. The molecule has 1 aromatic rings. The van der Waals surface area contributed by atoms with Crippen LogP contribution in [-0.4, -0.2) is 36.3 Å². The van der Waals surface area contributed by atoms with E-state index in [0.717, 1.165) is 48.8 Å². The maximum absolute atomic E-state index is 5.34. The minimum absolute atomic E-state index is 0.583. The van der Waals surface area contributed by atoms with Crippen LogP contribution in [0.25, 0.3) is 0 Å². The minimum atomic E-state index is 0.583. The van der Waals surface area contributed by atoms with Crippen molar-refractivity contribution in [3.05, 3.63) is 10.8 Å². The molecule has 1 aromatic heterocycles. The van der Waals surface area contributed by atoms with Crippen molar-refractivity contribution in [2.45, 2.75) is 13.3 Å². The second-order valence-electron chi connectivity index (χ2n) is 4.03. The van der Waals surface area contributed by atoms with Crippen molar-refractivity contribution in [2.24, 2.45) is 5.92 Å². The second kappa shape index (κ2) is 6.16. The highest BCUT2D eigenvalue weighted by Crippen LogP contribution is 2.26. The van der Waals surface area contributed by atoms with Crippen LogP contribution in [0.4, 0.5) is 11.6 Å². The molecule has 1 aliphatic rings. The SMILES string of the molecule is CCNc1ncnc(NCC2CCOC2)c1Br. The van der Waals surface area contributed by atoms with E-state index in [1.807, 2.05) is 6.92 Å². The molecule has 2 heterocycles. The average molecular weight is 301 g/mol. The number of nitrogens with one attached hydrogen (secondary N) is 2. The van der Waals surface area contributed by atoms with Gasteiger partial charge in [-0.3, -0.25) is 0 Å². The van der Waals surface area contributed by atoms with Crippen molar-refractivity contribution in [1.82, 2.24) is 9.97 Å². The lowest BCUT2D eigenvalue weighted by Gasteiger charge is -2.13. The molecule has 94 valence electrons. The molecule has 1 fully saturated rings. The topological polar surface area (TPSA) is 59.1 Å². The minimum Gasteiger partial charge on any atom is -0.381 e. The Morgan fingerprint density at radius 2 is 2.18 bits per heavy atom. The molecule has 0 radical (unpaired) electrons. The van der Waals surface area contributed by atoms with Gasteiger partial charge in [0.05, 0.1) is 6.61 Å². The van der Waals surface area contributed by atoms with Gasteiger partial charge >= 0.3 is 0 Å². The van der Waals surface area contributed by atoms with E-state index in [-0.39, 0.29) is 0 Å². The lowest BCUT2D eigenvalue weighted by Crippen LogP contribution is -2.15. The van der Waals surface area contributed by atoms with Gasteiger partial charge in [0.25, 0.3) is 0 Å². The summed E-state index contributed by atoms with van der Waals surface area (Å²) in [5, 5.41) is 6.52. The van der Waals surface area contributed by atoms with Crippen LogP contribution in [0.15, 0.2) is 10.8 Å². The standard InChI is InChI=1S/C11H17BrN4O/c1-2-13-10-9(12)11(16-7-15-10)14-5-8-3-4-17-6-8/h7-8H,2-6H2,1H3,(H2,13,14,15,16). The predicted octanol–water partition coefficient (Wildman–Crippen LogP) is 2.12. The molecular formula is C11H17BrN4O. The zero-order valence-electron chi connectivity index (χ0n) is 9.87. The van der Waals surface area contributed by atoms with Gasteiger partial charge in [-0.05, 0) is 29.3 Å². The highest BCUT2D eigenvalue weighted by atomic mass is 79.9. The Bertz CT molecular complexity index is 368. The molecule has 17 heavy (non-hydrogen) atoms. The number of halogens is 1. The Hall–Kier alpha value is -0.880. The van der Waals surface area contributed by atoms with Gasteiger partial charge in [0.15, 0.2) is 0 Å². The molecule has 0 aromatic carbocycles. The molecule has 1 unspecified atom stereocenters. The molecule has 2 N–H and O–H groups in total. The zero-order chi connectivity index (χ0) is 12.1. The third-order valence-electron chi connectivity index (χ3n) is 2.72. The first kappa shape index (κ1) is 12.6. The van der Waals surface area contributed by atoms with Gasteiger partial charge in [-0.1, -0.05) is 0 Å². The molecule has 0 spiro atoms. The van der Waals surface area contributed by atoms with Crippen LogP contribution in [0.2, 0.25) is 0 Å². The molecule has 0 saturated carbocycles. The molecule has 0 bridgehead atoms. The van der Waals surface area contributed by atoms with E-state index in [2.05, 4.69) is 36.5 Å². The zero-order valence-corrected chi connectivity index (χ0v) is 11.5. The predicted molar refractivity (Wildman–Crippen MR) is 71.3 cm³/mol. The number of aromatic nitrogens is 2. The monoisotopic (exact) mass is 300 g/mol. The Morgan fingerprint density at radius 3 is 2.82 bits per heavy atom. The van der Waals surface area contributed by atoms with E-state index in [1.165, 1.54) is 0 Å². The Labute approximate surface area is 110 Å².